The number of carbonyl (C=O) groups is 1. The van der Waals surface area contributed by atoms with E-state index < -0.39 is 0 Å². The molecule has 1 amide bonds. The highest BCUT2D eigenvalue weighted by atomic mass is 35.5. The molecule has 0 aliphatic heterocycles. The van der Waals surface area contributed by atoms with Crippen molar-refractivity contribution in [2.45, 2.75) is 18.1 Å². The molecule has 0 aliphatic carbocycles. The third-order valence-corrected chi connectivity index (χ3v) is 5.87. The molecular weight excluding hydrogens is 380 g/mol. The first-order chi connectivity index (χ1) is 13.0. The van der Waals surface area contributed by atoms with E-state index in [2.05, 4.69) is 10.2 Å². The molecule has 0 unspecified atom stereocenters. The van der Waals surface area contributed by atoms with E-state index in [1.54, 1.807) is 4.90 Å². The van der Waals surface area contributed by atoms with Gasteiger partial charge in [0, 0.05) is 19.7 Å². The summed E-state index contributed by atoms with van der Waals surface area (Å²) in [6.45, 7) is 2.02. The fourth-order valence-electron chi connectivity index (χ4n) is 2.72. The van der Waals surface area contributed by atoms with Gasteiger partial charge >= 0.3 is 0 Å². The number of thioether (sulfide) groups is 1. The lowest BCUT2D eigenvalue weighted by molar-refractivity contribution is -0.128. The van der Waals surface area contributed by atoms with Gasteiger partial charge in [0.2, 0.25) is 5.91 Å². The Morgan fingerprint density at radius 2 is 1.81 bits per heavy atom. The number of halogens is 1. The Morgan fingerprint density at radius 1 is 1.15 bits per heavy atom. The second kappa shape index (κ2) is 8.59. The highest BCUT2D eigenvalue weighted by Gasteiger charge is 2.19. The molecule has 0 spiro atoms. The van der Waals surface area contributed by atoms with Gasteiger partial charge in [0.05, 0.1) is 16.8 Å². The van der Waals surface area contributed by atoms with Gasteiger partial charge in [-0.15, -0.1) is 10.2 Å². The lowest BCUT2D eigenvalue weighted by Crippen LogP contribution is -2.31. The van der Waals surface area contributed by atoms with Gasteiger partial charge in [-0.2, -0.15) is 0 Å². The Hall–Kier alpha value is -2.31. The van der Waals surface area contributed by atoms with Crippen LogP contribution in [0.2, 0.25) is 5.02 Å². The minimum atomic E-state index is 0.0116. The van der Waals surface area contributed by atoms with Crippen LogP contribution in [0.4, 0.5) is 0 Å². The molecule has 3 rings (SSSR count). The molecule has 0 fully saturated rings. The van der Waals surface area contributed by atoms with Crippen LogP contribution in [0.5, 0.6) is 0 Å². The molecule has 2 aromatic carbocycles. The third kappa shape index (κ3) is 4.34. The quantitative estimate of drug-likeness (QED) is 0.573. The third-order valence-electron chi connectivity index (χ3n) is 4.53. The number of nitrogens with zero attached hydrogens (tertiary/aromatic N) is 4. The second-order valence-electron chi connectivity index (χ2n) is 6.23. The van der Waals surface area contributed by atoms with E-state index in [-0.39, 0.29) is 11.9 Å². The van der Waals surface area contributed by atoms with Crippen LogP contribution in [0.1, 0.15) is 18.5 Å². The summed E-state index contributed by atoms with van der Waals surface area (Å²) in [7, 11) is 3.70. The molecule has 0 radical (unpaired) electrons. The lowest BCUT2D eigenvalue weighted by Gasteiger charge is -2.25. The van der Waals surface area contributed by atoms with Crippen molar-refractivity contribution >= 4 is 29.3 Å². The first-order valence-corrected chi connectivity index (χ1v) is 9.93. The summed E-state index contributed by atoms with van der Waals surface area (Å²) in [5, 5.41) is 9.75. The zero-order valence-electron chi connectivity index (χ0n) is 15.5. The standard InChI is InChI=1S/C20H21ClN4OS/c1-14(15-9-5-4-6-10-15)24(2)18(26)13-27-20-23-22-19(25(20)3)16-11-7-8-12-17(16)21/h4-12,14H,13H2,1-3H3/t14-/m0/s1. The topological polar surface area (TPSA) is 51.0 Å². The highest BCUT2D eigenvalue weighted by molar-refractivity contribution is 7.99. The summed E-state index contributed by atoms with van der Waals surface area (Å²) >= 11 is 7.63. The number of amides is 1. The van der Waals surface area contributed by atoms with Gasteiger partial charge in [0.15, 0.2) is 11.0 Å². The zero-order valence-corrected chi connectivity index (χ0v) is 17.0. The Kier molecular flexibility index (Phi) is 6.19. The lowest BCUT2D eigenvalue weighted by atomic mass is 10.1. The minimum Gasteiger partial charge on any atom is -0.338 e. The molecular formula is C20H21ClN4OS. The number of rotatable bonds is 6. The molecule has 0 bridgehead atoms. The van der Waals surface area contributed by atoms with E-state index >= 15 is 0 Å². The first kappa shape index (κ1) is 19.5. The molecule has 0 N–H and O–H groups in total. The van der Waals surface area contributed by atoms with Crippen LogP contribution in [0.3, 0.4) is 0 Å². The fourth-order valence-corrected chi connectivity index (χ4v) is 3.77. The van der Waals surface area contributed by atoms with Crippen molar-refractivity contribution in [3.63, 3.8) is 0 Å². The summed E-state index contributed by atoms with van der Waals surface area (Å²) in [6.07, 6.45) is 0. The molecule has 0 aliphatic rings. The van der Waals surface area contributed by atoms with Crippen molar-refractivity contribution in [3.05, 3.63) is 65.2 Å². The van der Waals surface area contributed by atoms with Crippen molar-refractivity contribution in [3.8, 4) is 11.4 Å². The molecule has 0 saturated heterocycles. The number of benzene rings is 2. The van der Waals surface area contributed by atoms with E-state index in [0.29, 0.717) is 21.8 Å². The van der Waals surface area contributed by atoms with Gasteiger partial charge in [0.1, 0.15) is 0 Å². The Labute approximate surface area is 168 Å². The predicted molar refractivity (Wildman–Crippen MR) is 110 cm³/mol. The van der Waals surface area contributed by atoms with Crippen molar-refractivity contribution < 1.29 is 4.79 Å². The summed E-state index contributed by atoms with van der Waals surface area (Å²) in [4.78, 5) is 14.4. The number of hydrogen-bond acceptors (Lipinski definition) is 4. The van der Waals surface area contributed by atoms with Crippen LogP contribution >= 0.6 is 23.4 Å². The minimum absolute atomic E-state index is 0.0116. The van der Waals surface area contributed by atoms with E-state index in [0.717, 1.165) is 11.1 Å². The van der Waals surface area contributed by atoms with E-state index in [1.807, 2.05) is 80.2 Å². The largest absolute Gasteiger partial charge is 0.338 e. The van der Waals surface area contributed by atoms with Gasteiger partial charge in [-0.3, -0.25) is 4.79 Å². The fraction of sp³-hybridized carbons (Fsp3) is 0.250. The average molecular weight is 401 g/mol. The van der Waals surface area contributed by atoms with Gasteiger partial charge < -0.3 is 9.47 Å². The Bertz CT molecular complexity index is 929. The monoisotopic (exact) mass is 400 g/mol. The summed E-state index contributed by atoms with van der Waals surface area (Å²) in [5.74, 6) is 1.02. The summed E-state index contributed by atoms with van der Waals surface area (Å²) < 4.78 is 1.86. The maximum absolute atomic E-state index is 12.6. The van der Waals surface area contributed by atoms with Crippen LogP contribution in [0.15, 0.2) is 59.8 Å². The van der Waals surface area contributed by atoms with Crippen LogP contribution in [0.25, 0.3) is 11.4 Å². The zero-order chi connectivity index (χ0) is 19.4. The molecule has 0 saturated carbocycles. The average Bonchev–Trinajstić information content (AvgIpc) is 3.06. The van der Waals surface area contributed by atoms with Crippen molar-refractivity contribution in [2.75, 3.05) is 12.8 Å². The molecule has 140 valence electrons. The molecule has 1 aromatic heterocycles. The molecule has 3 aromatic rings. The van der Waals surface area contributed by atoms with E-state index in [4.69, 9.17) is 11.6 Å². The van der Waals surface area contributed by atoms with Gasteiger partial charge in [0.25, 0.3) is 0 Å². The summed E-state index contributed by atoms with van der Waals surface area (Å²) in [5.41, 5.74) is 1.93. The van der Waals surface area contributed by atoms with Gasteiger partial charge in [-0.25, -0.2) is 0 Å². The molecule has 27 heavy (non-hydrogen) atoms. The Morgan fingerprint density at radius 3 is 2.52 bits per heavy atom. The maximum Gasteiger partial charge on any atom is 0.233 e. The smallest absolute Gasteiger partial charge is 0.233 e. The van der Waals surface area contributed by atoms with Crippen molar-refractivity contribution in [2.24, 2.45) is 7.05 Å². The molecule has 1 atom stereocenters. The number of hydrogen-bond donors (Lipinski definition) is 0. The SMILES string of the molecule is C[C@@H](c1ccccc1)N(C)C(=O)CSc1nnc(-c2ccccc2Cl)n1C. The maximum atomic E-state index is 12.6. The predicted octanol–water partition coefficient (Wildman–Crippen LogP) is 4.45. The second-order valence-corrected chi connectivity index (χ2v) is 7.57. The van der Waals surface area contributed by atoms with E-state index in [9.17, 15) is 4.79 Å². The normalized spacial score (nSPS) is 12.0. The molecule has 5 nitrogen and oxygen atoms in total. The van der Waals surface area contributed by atoms with Gasteiger partial charge in [-0.1, -0.05) is 65.8 Å². The number of carbonyl (C=O) groups excluding carboxylic acids is 1. The van der Waals surface area contributed by atoms with Crippen LogP contribution < -0.4 is 0 Å². The van der Waals surface area contributed by atoms with E-state index in [1.165, 1.54) is 11.8 Å². The van der Waals surface area contributed by atoms with Crippen LogP contribution in [0, 0.1) is 0 Å². The first-order valence-electron chi connectivity index (χ1n) is 8.56. The van der Waals surface area contributed by atoms with Crippen molar-refractivity contribution in [1.29, 1.82) is 0 Å². The van der Waals surface area contributed by atoms with Crippen LogP contribution in [-0.4, -0.2) is 38.4 Å². The number of aromatic nitrogens is 3. The van der Waals surface area contributed by atoms with Crippen LogP contribution in [-0.2, 0) is 11.8 Å². The highest BCUT2D eigenvalue weighted by Crippen LogP contribution is 2.28. The molecule has 7 heteroatoms. The Balaban J connectivity index is 1.67. The van der Waals surface area contributed by atoms with Gasteiger partial charge in [-0.05, 0) is 24.6 Å². The summed E-state index contributed by atoms with van der Waals surface area (Å²) in [6, 6.07) is 17.5. The molecule has 1 heterocycles. The van der Waals surface area contributed by atoms with Crippen molar-refractivity contribution in [1.82, 2.24) is 19.7 Å².